The van der Waals surface area contributed by atoms with Crippen molar-refractivity contribution >= 4 is 21.6 Å². The number of halogens is 1. The van der Waals surface area contributed by atoms with Crippen LogP contribution < -0.4 is 11.1 Å². The summed E-state index contributed by atoms with van der Waals surface area (Å²) >= 11 is 3.27. The highest BCUT2D eigenvalue weighted by Crippen LogP contribution is 2.16. The third-order valence-corrected chi connectivity index (χ3v) is 2.86. The fourth-order valence-corrected chi connectivity index (χ4v) is 1.53. The summed E-state index contributed by atoms with van der Waals surface area (Å²) in [7, 11) is 0. The third kappa shape index (κ3) is 3.77. The summed E-state index contributed by atoms with van der Waals surface area (Å²) in [5.41, 5.74) is 7.17. The lowest BCUT2D eigenvalue weighted by Crippen LogP contribution is -2.31. The molecular weight excluding hydrogens is 258 g/mol. The summed E-state index contributed by atoms with van der Waals surface area (Å²) in [6, 6.07) is 3.81. The average molecular weight is 274 g/mol. The van der Waals surface area contributed by atoms with Crippen LogP contribution >= 0.6 is 15.9 Å². The number of aliphatic hydroxyl groups excluding tert-OH is 1. The van der Waals surface area contributed by atoms with Crippen molar-refractivity contribution in [1.29, 1.82) is 0 Å². The van der Waals surface area contributed by atoms with E-state index >= 15 is 0 Å². The summed E-state index contributed by atoms with van der Waals surface area (Å²) in [5.74, 6) is 0. The van der Waals surface area contributed by atoms with Crippen molar-refractivity contribution in [2.24, 2.45) is 0 Å². The van der Waals surface area contributed by atoms with Gasteiger partial charge in [0.25, 0.3) is 0 Å². The van der Waals surface area contributed by atoms with Crippen molar-refractivity contribution in [2.75, 3.05) is 12.3 Å². The van der Waals surface area contributed by atoms with Gasteiger partial charge in [0.05, 0.1) is 18.0 Å². The van der Waals surface area contributed by atoms with Crippen LogP contribution in [0, 0.1) is 0 Å². The van der Waals surface area contributed by atoms with E-state index in [9.17, 15) is 0 Å². The first-order valence-electron chi connectivity index (χ1n) is 4.92. The molecule has 5 heteroatoms. The van der Waals surface area contributed by atoms with E-state index in [0.29, 0.717) is 16.8 Å². The number of hydrogen-bond donors (Lipinski definition) is 3. The van der Waals surface area contributed by atoms with Crippen LogP contribution in [0.1, 0.15) is 19.0 Å². The predicted molar refractivity (Wildman–Crippen MR) is 64.4 cm³/mol. The number of anilines is 1. The molecule has 0 unspecified atom stereocenters. The molecule has 0 spiro atoms. The maximum Gasteiger partial charge on any atom is 0.129 e. The monoisotopic (exact) mass is 273 g/mol. The third-order valence-electron chi connectivity index (χ3n) is 2.22. The number of aliphatic hydroxyl groups is 1. The number of nitrogen functional groups attached to an aromatic ring is 1. The standard InChI is InChI=1S/C10H16BrN3O/c1-2-7(6-15)13-5-8-3-4-9(12)10(11)14-8/h3-4,7,13,15H,2,5-6,12H2,1H3/t7-/m0/s1. The number of nitrogens with zero attached hydrogens (tertiary/aromatic N) is 1. The van der Waals surface area contributed by atoms with Crippen LogP contribution in [0.4, 0.5) is 5.69 Å². The first-order chi connectivity index (χ1) is 7.17. The van der Waals surface area contributed by atoms with Crippen LogP contribution in [-0.2, 0) is 6.54 Å². The van der Waals surface area contributed by atoms with E-state index < -0.39 is 0 Å². The number of pyridine rings is 1. The summed E-state index contributed by atoms with van der Waals surface area (Å²) < 4.78 is 0.666. The zero-order valence-corrected chi connectivity index (χ0v) is 10.3. The second kappa shape index (κ2) is 6.05. The van der Waals surface area contributed by atoms with E-state index in [2.05, 4.69) is 26.2 Å². The Morgan fingerprint density at radius 3 is 2.87 bits per heavy atom. The molecule has 0 saturated heterocycles. The van der Waals surface area contributed by atoms with Gasteiger partial charge in [0, 0.05) is 12.6 Å². The SMILES string of the molecule is CC[C@@H](CO)NCc1ccc(N)c(Br)n1. The Morgan fingerprint density at radius 2 is 2.33 bits per heavy atom. The quantitative estimate of drug-likeness (QED) is 0.707. The van der Waals surface area contributed by atoms with E-state index in [1.54, 1.807) is 0 Å². The molecule has 0 radical (unpaired) electrons. The minimum absolute atomic E-state index is 0.128. The van der Waals surface area contributed by atoms with Crippen LogP contribution in [0.3, 0.4) is 0 Å². The number of rotatable bonds is 5. The molecule has 15 heavy (non-hydrogen) atoms. The molecule has 0 fully saturated rings. The van der Waals surface area contributed by atoms with Gasteiger partial charge in [-0.2, -0.15) is 0 Å². The Morgan fingerprint density at radius 1 is 1.60 bits per heavy atom. The highest BCUT2D eigenvalue weighted by atomic mass is 79.9. The summed E-state index contributed by atoms with van der Waals surface area (Å²) in [6.45, 7) is 2.81. The topological polar surface area (TPSA) is 71.2 Å². The fraction of sp³-hybridized carbons (Fsp3) is 0.500. The molecule has 0 saturated carbocycles. The molecule has 0 aliphatic rings. The Balaban J connectivity index is 2.54. The van der Waals surface area contributed by atoms with Crippen LogP contribution in [0.2, 0.25) is 0 Å². The van der Waals surface area contributed by atoms with Crippen molar-refractivity contribution in [2.45, 2.75) is 25.9 Å². The zero-order valence-electron chi connectivity index (χ0n) is 8.70. The van der Waals surface area contributed by atoms with Crippen LogP contribution in [0.25, 0.3) is 0 Å². The molecule has 1 aromatic heterocycles. The van der Waals surface area contributed by atoms with Crippen molar-refractivity contribution in [3.63, 3.8) is 0 Å². The molecule has 0 aliphatic heterocycles. The Kier molecular flexibility index (Phi) is 5.01. The second-order valence-corrected chi connectivity index (χ2v) is 4.10. The lowest BCUT2D eigenvalue weighted by Gasteiger charge is -2.13. The molecule has 0 aromatic carbocycles. The van der Waals surface area contributed by atoms with E-state index in [1.807, 2.05) is 19.1 Å². The van der Waals surface area contributed by atoms with Gasteiger partial charge in [-0.25, -0.2) is 4.98 Å². The summed E-state index contributed by atoms with van der Waals surface area (Å²) in [6.07, 6.45) is 0.895. The van der Waals surface area contributed by atoms with E-state index in [1.165, 1.54) is 0 Å². The first-order valence-corrected chi connectivity index (χ1v) is 5.71. The van der Waals surface area contributed by atoms with E-state index in [4.69, 9.17) is 10.8 Å². The van der Waals surface area contributed by atoms with Crippen molar-refractivity contribution in [3.8, 4) is 0 Å². The maximum absolute atomic E-state index is 8.99. The second-order valence-electron chi connectivity index (χ2n) is 3.35. The smallest absolute Gasteiger partial charge is 0.129 e. The minimum atomic E-state index is 0.128. The lowest BCUT2D eigenvalue weighted by atomic mass is 10.2. The number of hydrogen-bond acceptors (Lipinski definition) is 4. The van der Waals surface area contributed by atoms with Crippen LogP contribution in [-0.4, -0.2) is 22.7 Å². The molecule has 4 nitrogen and oxygen atoms in total. The van der Waals surface area contributed by atoms with Gasteiger partial charge in [-0.15, -0.1) is 0 Å². The molecule has 1 atom stereocenters. The maximum atomic E-state index is 8.99. The van der Waals surface area contributed by atoms with Gasteiger partial charge in [-0.3, -0.25) is 0 Å². The number of nitrogens with one attached hydrogen (secondary N) is 1. The predicted octanol–water partition coefficient (Wildman–Crippen LogP) is 1.29. The Bertz CT molecular complexity index is 316. The summed E-state index contributed by atoms with van der Waals surface area (Å²) in [5, 5.41) is 12.2. The zero-order chi connectivity index (χ0) is 11.3. The number of aromatic nitrogens is 1. The minimum Gasteiger partial charge on any atom is -0.397 e. The normalized spacial score (nSPS) is 12.7. The molecule has 0 aliphatic carbocycles. The molecule has 4 N–H and O–H groups in total. The van der Waals surface area contributed by atoms with Gasteiger partial charge in [-0.1, -0.05) is 6.92 Å². The van der Waals surface area contributed by atoms with Crippen molar-refractivity contribution < 1.29 is 5.11 Å². The van der Waals surface area contributed by atoms with Crippen LogP contribution in [0.5, 0.6) is 0 Å². The Labute approximate surface area is 98.0 Å². The molecule has 1 heterocycles. The molecule has 0 amide bonds. The molecule has 1 rings (SSSR count). The molecule has 0 bridgehead atoms. The molecular formula is C10H16BrN3O. The van der Waals surface area contributed by atoms with Gasteiger partial charge in [0.1, 0.15) is 4.60 Å². The fourth-order valence-electron chi connectivity index (χ4n) is 1.17. The number of nitrogens with two attached hydrogens (primary N) is 1. The first kappa shape index (κ1) is 12.4. The largest absolute Gasteiger partial charge is 0.397 e. The van der Waals surface area contributed by atoms with E-state index in [-0.39, 0.29) is 12.6 Å². The summed E-state index contributed by atoms with van der Waals surface area (Å²) in [4.78, 5) is 4.26. The highest BCUT2D eigenvalue weighted by molar-refractivity contribution is 9.10. The van der Waals surface area contributed by atoms with E-state index in [0.717, 1.165) is 12.1 Å². The molecule has 1 aromatic rings. The Hall–Kier alpha value is -0.650. The van der Waals surface area contributed by atoms with Gasteiger partial charge in [-0.05, 0) is 34.5 Å². The highest BCUT2D eigenvalue weighted by Gasteiger charge is 2.05. The average Bonchev–Trinajstić information content (AvgIpc) is 2.24. The van der Waals surface area contributed by atoms with Gasteiger partial charge in [0.2, 0.25) is 0 Å². The molecule has 84 valence electrons. The van der Waals surface area contributed by atoms with Gasteiger partial charge < -0.3 is 16.2 Å². The van der Waals surface area contributed by atoms with Crippen LogP contribution in [0.15, 0.2) is 16.7 Å². The van der Waals surface area contributed by atoms with Gasteiger partial charge in [0.15, 0.2) is 0 Å². The van der Waals surface area contributed by atoms with Gasteiger partial charge >= 0.3 is 0 Å². The van der Waals surface area contributed by atoms with Crippen molar-refractivity contribution in [1.82, 2.24) is 10.3 Å². The lowest BCUT2D eigenvalue weighted by molar-refractivity contribution is 0.238. The van der Waals surface area contributed by atoms with Crippen molar-refractivity contribution in [3.05, 3.63) is 22.4 Å².